The molecular formula is C16H29N3S. The summed E-state index contributed by atoms with van der Waals surface area (Å²) in [6, 6.07) is 3.26. The summed E-state index contributed by atoms with van der Waals surface area (Å²) >= 11 is 2.12. The molecule has 2 rings (SSSR count). The van der Waals surface area contributed by atoms with Crippen LogP contribution in [0.4, 0.5) is 0 Å². The van der Waals surface area contributed by atoms with Crippen LogP contribution in [0.25, 0.3) is 0 Å². The molecule has 0 aliphatic carbocycles. The van der Waals surface area contributed by atoms with Gasteiger partial charge in [0.05, 0.1) is 11.7 Å². The van der Waals surface area contributed by atoms with Crippen molar-refractivity contribution < 1.29 is 0 Å². The van der Waals surface area contributed by atoms with E-state index < -0.39 is 0 Å². The van der Waals surface area contributed by atoms with E-state index >= 15 is 0 Å². The molecule has 1 aromatic rings. The second-order valence-electron chi connectivity index (χ2n) is 6.07. The van der Waals surface area contributed by atoms with Crippen molar-refractivity contribution in [2.45, 2.75) is 69.7 Å². The number of aromatic nitrogens is 2. The molecule has 1 saturated heterocycles. The van der Waals surface area contributed by atoms with E-state index in [1.165, 1.54) is 24.3 Å². The van der Waals surface area contributed by atoms with Gasteiger partial charge >= 0.3 is 0 Å². The first kappa shape index (κ1) is 15.9. The van der Waals surface area contributed by atoms with E-state index in [1.807, 2.05) is 0 Å². The molecule has 114 valence electrons. The van der Waals surface area contributed by atoms with Gasteiger partial charge in [-0.3, -0.25) is 4.68 Å². The van der Waals surface area contributed by atoms with Crippen LogP contribution in [0.15, 0.2) is 12.3 Å². The van der Waals surface area contributed by atoms with Gasteiger partial charge in [0.15, 0.2) is 0 Å². The predicted molar refractivity (Wildman–Crippen MR) is 88.5 cm³/mol. The number of likely N-dealkylation sites (N-methyl/N-ethyl adjacent to an activating group) is 1. The summed E-state index contributed by atoms with van der Waals surface area (Å²) in [7, 11) is 2.09. The summed E-state index contributed by atoms with van der Waals surface area (Å²) in [5, 5.41) is 8.34. The van der Waals surface area contributed by atoms with Gasteiger partial charge in [0.2, 0.25) is 0 Å². The predicted octanol–water partition coefficient (Wildman–Crippen LogP) is 3.66. The van der Waals surface area contributed by atoms with Gasteiger partial charge in [-0.25, -0.2) is 0 Å². The van der Waals surface area contributed by atoms with Crippen LogP contribution >= 0.6 is 11.8 Å². The van der Waals surface area contributed by atoms with Crippen LogP contribution in [0.3, 0.4) is 0 Å². The SMILES string of the molecule is CCC(CC)n1ccc(CC(NC)C2(C)CCCS2)n1. The van der Waals surface area contributed by atoms with Crippen molar-refractivity contribution in [2.75, 3.05) is 12.8 Å². The maximum Gasteiger partial charge on any atom is 0.0640 e. The van der Waals surface area contributed by atoms with Crippen molar-refractivity contribution in [2.24, 2.45) is 0 Å². The number of thioether (sulfide) groups is 1. The first-order valence-corrected chi connectivity index (χ1v) is 8.96. The van der Waals surface area contributed by atoms with Crippen LogP contribution in [0.5, 0.6) is 0 Å². The smallest absolute Gasteiger partial charge is 0.0640 e. The molecule has 0 spiro atoms. The lowest BCUT2D eigenvalue weighted by Gasteiger charge is -2.32. The summed E-state index contributed by atoms with van der Waals surface area (Å²) in [6.45, 7) is 6.88. The van der Waals surface area contributed by atoms with Crippen LogP contribution in [-0.4, -0.2) is 33.4 Å². The largest absolute Gasteiger partial charge is 0.315 e. The summed E-state index contributed by atoms with van der Waals surface area (Å²) in [6.07, 6.45) is 8.16. The fourth-order valence-electron chi connectivity index (χ4n) is 3.26. The average Bonchev–Trinajstić information content (AvgIpc) is 3.08. The zero-order valence-corrected chi connectivity index (χ0v) is 14.2. The maximum atomic E-state index is 4.81. The van der Waals surface area contributed by atoms with E-state index in [9.17, 15) is 0 Å². The van der Waals surface area contributed by atoms with Crippen molar-refractivity contribution in [1.82, 2.24) is 15.1 Å². The Morgan fingerprint density at radius 3 is 2.75 bits per heavy atom. The average molecular weight is 295 g/mol. The van der Waals surface area contributed by atoms with Gasteiger partial charge in [0, 0.05) is 23.4 Å². The second-order valence-corrected chi connectivity index (χ2v) is 7.70. The summed E-state index contributed by atoms with van der Waals surface area (Å²) in [4.78, 5) is 0. The minimum absolute atomic E-state index is 0.368. The fraction of sp³-hybridized carbons (Fsp3) is 0.812. The Bertz CT molecular complexity index is 406. The topological polar surface area (TPSA) is 29.9 Å². The van der Waals surface area contributed by atoms with Crippen molar-refractivity contribution in [3.63, 3.8) is 0 Å². The Labute approximate surface area is 127 Å². The fourth-order valence-corrected chi connectivity index (χ4v) is 4.71. The van der Waals surface area contributed by atoms with Crippen LogP contribution in [-0.2, 0) is 6.42 Å². The molecule has 2 unspecified atom stereocenters. The minimum Gasteiger partial charge on any atom is -0.315 e. The molecule has 1 aliphatic rings. The highest BCUT2D eigenvalue weighted by Gasteiger charge is 2.37. The zero-order chi connectivity index (χ0) is 14.6. The molecule has 20 heavy (non-hydrogen) atoms. The Hall–Kier alpha value is -0.480. The number of nitrogens with zero attached hydrogens (tertiary/aromatic N) is 2. The quantitative estimate of drug-likeness (QED) is 0.832. The molecule has 0 bridgehead atoms. The van der Waals surface area contributed by atoms with Gasteiger partial charge in [0.25, 0.3) is 0 Å². The van der Waals surface area contributed by atoms with Crippen molar-refractivity contribution in [1.29, 1.82) is 0 Å². The van der Waals surface area contributed by atoms with E-state index in [0.717, 1.165) is 19.3 Å². The number of rotatable bonds is 7. The van der Waals surface area contributed by atoms with Gasteiger partial charge in [-0.1, -0.05) is 13.8 Å². The molecule has 1 aliphatic heterocycles. The van der Waals surface area contributed by atoms with Gasteiger partial charge in [-0.2, -0.15) is 16.9 Å². The molecule has 1 aromatic heterocycles. The third-order valence-electron chi connectivity index (χ3n) is 4.73. The molecule has 0 amide bonds. The van der Waals surface area contributed by atoms with Gasteiger partial charge in [-0.15, -0.1) is 0 Å². The van der Waals surface area contributed by atoms with Crippen LogP contribution < -0.4 is 5.32 Å². The van der Waals surface area contributed by atoms with Crippen LogP contribution in [0.2, 0.25) is 0 Å². The highest BCUT2D eigenvalue weighted by atomic mass is 32.2. The van der Waals surface area contributed by atoms with Crippen LogP contribution in [0, 0.1) is 0 Å². The summed E-state index contributed by atoms with van der Waals surface area (Å²) in [5.74, 6) is 1.30. The van der Waals surface area contributed by atoms with Crippen LogP contribution in [0.1, 0.15) is 58.2 Å². The Morgan fingerprint density at radius 2 is 2.20 bits per heavy atom. The second kappa shape index (κ2) is 6.99. The monoisotopic (exact) mass is 295 g/mol. The van der Waals surface area contributed by atoms with E-state index in [4.69, 9.17) is 5.10 Å². The third-order valence-corrected chi connectivity index (χ3v) is 6.37. The van der Waals surface area contributed by atoms with E-state index in [2.05, 4.69) is 61.8 Å². The maximum absolute atomic E-state index is 4.81. The molecule has 2 heterocycles. The zero-order valence-electron chi connectivity index (χ0n) is 13.4. The summed E-state index contributed by atoms with van der Waals surface area (Å²) < 4.78 is 2.53. The van der Waals surface area contributed by atoms with Crippen molar-refractivity contribution >= 4 is 11.8 Å². The molecule has 1 fully saturated rings. The number of nitrogens with one attached hydrogen (secondary N) is 1. The van der Waals surface area contributed by atoms with Crippen molar-refractivity contribution in [3.8, 4) is 0 Å². The highest BCUT2D eigenvalue weighted by molar-refractivity contribution is 8.00. The number of hydrogen-bond donors (Lipinski definition) is 1. The van der Waals surface area contributed by atoms with Crippen molar-refractivity contribution in [3.05, 3.63) is 18.0 Å². The lowest BCUT2D eigenvalue weighted by molar-refractivity contribution is 0.405. The first-order valence-electron chi connectivity index (χ1n) is 7.98. The number of hydrogen-bond acceptors (Lipinski definition) is 3. The normalized spacial score (nSPS) is 24.4. The highest BCUT2D eigenvalue weighted by Crippen LogP contribution is 2.41. The third kappa shape index (κ3) is 3.40. The van der Waals surface area contributed by atoms with Gasteiger partial charge in [0.1, 0.15) is 0 Å². The molecule has 0 radical (unpaired) electrons. The van der Waals surface area contributed by atoms with E-state index in [1.54, 1.807) is 0 Å². The molecule has 0 saturated carbocycles. The van der Waals surface area contributed by atoms with E-state index in [0.29, 0.717) is 16.8 Å². The lowest BCUT2D eigenvalue weighted by atomic mass is 9.92. The van der Waals surface area contributed by atoms with Gasteiger partial charge in [-0.05, 0) is 51.5 Å². The Balaban J connectivity index is 2.04. The molecular weight excluding hydrogens is 266 g/mol. The molecule has 2 atom stereocenters. The lowest BCUT2D eigenvalue weighted by Crippen LogP contribution is -2.45. The minimum atomic E-state index is 0.368. The molecule has 3 nitrogen and oxygen atoms in total. The first-order chi connectivity index (χ1) is 9.62. The Kier molecular flexibility index (Phi) is 5.56. The molecule has 1 N–H and O–H groups in total. The van der Waals surface area contributed by atoms with E-state index in [-0.39, 0.29) is 0 Å². The summed E-state index contributed by atoms with van der Waals surface area (Å²) in [5.41, 5.74) is 1.23. The van der Waals surface area contributed by atoms with Gasteiger partial charge < -0.3 is 5.32 Å². The molecule has 4 heteroatoms. The molecule has 0 aromatic carbocycles. The Morgan fingerprint density at radius 1 is 1.45 bits per heavy atom. The standard InChI is InChI=1S/C16H29N3S/c1-5-14(6-2)19-10-8-13(18-19)12-15(17-4)16(3)9-7-11-20-16/h8,10,14-15,17H,5-7,9,11-12H2,1-4H3.